The Morgan fingerprint density at radius 3 is 2.52 bits per heavy atom. The van der Waals surface area contributed by atoms with E-state index in [0.717, 1.165) is 10.8 Å². The molecule has 1 fully saturated rings. The molecule has 0 amide bonds. The molecule has 3 heterocycles. The van der Waals surface area contributed by atoms with Gasteiger partial charge in [0.05, 0.1) is 27.7 Å². The van der Waals surface area contributed by atoms with Gasteiger partial charge in [-0.05, 0) is 6.92 Å². The van der Waals surface area contributed by atoms with Crippen molar-refractivity contribution < 1.29 is 28.2 Å². The van der Waals surface area contributed by atoms with Crippen molar-refractivity contribution >= 4 is 40.0 Å². The van der Waals surface area contributed by atoms with Crippen LogP contribution < -0.4 is 16.1 Å². The first-order valence-corrected chi connectivity index (χ1v) is 9.25. The molecule has 0 atom stereocenters. The number of carbonyl (C=O) groups is 1. The maximum atomic E-state index is 15.2. The van der Waals surface area contributed by atoms with Crippen LogP contribution in [0.2, 0.25) is 5.02 Å². The highest BCUT2D eigenvalue weighted by Gasteiger charge is 2.33. The second-order valence-electron chi connectivity index (χ2n) is 7.09. The zero-order valence-electron chi connectivity index (χ0n) is 15.8. The number of nitrogen functional groups attached to an aromatic ring is 1. The van der Waals surface area contributed by atoms with Gasteiger partial charge in [-0.2, -0.15) is 0 Å². The van der Waals surface area contributed by atoms with Crippen LogP contribution in [0, 0.1) is 24.4 Å². The molecule has 0 bridgehead atoms. The second-order valence-corrected chi connectivity index (χ2v) is 7.47. The first kappa shape index (κ1) is 20.9. The molecule has 0 spiro atoms. The van der Waals surface area contributed by atoms with Crippen LogP contribution in [0.1, 0.15) is 15.9 Å². The van der Waals surface area contributed by atoms with Crippen molar-refractivity contribution in [2.75, 3.05) is 23.7 Å². The molecule has 0 aliphatic carbocycles. The van der Waals surface area contributed by atoms with Gasteiger partial charge in [-0.1, -0.05) is 11.6 Å². The number of nitrogens with zero attached hydrogens (tertiary/aromatic N) is 3. The van der Waals surface area contributed by atoms with E-state index in [9.17, 15) is 28.6 Å². The van der Waals surface area contributed by atoms with Crippen LogP contribution in [0.5, 0.6) is 0 Å². The van der Waals surface area contributed by atoms with Gasteiger partial charge in [0.15, 0.2) is 29.1 Å². The first-order chi connectivity index (χ1) is 14.5. The lowest BCUT2D eigenvalue weighted by Gasteiger charge is -2.39. The summed E-state index contributed by atoms with van der Waals surface area (Å²) in [5.41, 5.74) is 2.99. The van der Waals surface area contributed by atoms with Crippen molar-refractivity contribution in [3.8, 4) is 5.82 Å². The van der Waals surface area contributed by atoms with Crippen molar-refractivity contribution in [1.82, 2.24) is 9.55 Å². The predicted molar refractivity (Wildman–Crippen MR) is 107 cm³/mol. The lowest BCUT2D eigenvalue weighted by Crippen LogP contribution is -2.51. The van der Waals surface area contributed by atoms with Gasteiger partial charge in [0, 0.05) is 30.9 Å². The van der Waals surface area contributed by atoms with Crippen LogP contribution in [-0.2, 0) is 0 Å². The standard InChI is InChI=1S/C19H14ClF3N4O4/c1-6-11-14(12(20)15(13(6)23)26-3-7(28)4-26)27(5-8(16(11)29)19(30)31)18-10(22)2-9(21)17(24)25-18/h2,5,7,28H,3-4H2,1H3,(H2,24,25)(H,30,31). The van der Waals surface area contributed by atoms with Gasteiger partial charge in [0.1, 0.15) is 5.56 Å². The molecule has 3 aromatic rings. The number of fused-ring (bicyclic) bond motifs is 1. The van der Waals surface area contributed by atoms with E-state index in [0.29, 0.717) is 6.07 Å². The Kier molecular flexibility index (Phi) is 4.82. The fraction of sp³-hybridized carbons (Fsp3) is 0.211. The summed E-state index contributed by atoms with van der Waals surface area (Å²) in [7, 11) is 0. The maximum absolute atomic E-state index is 15.2. The lowest BCUT2D eigenvalue weighted by molar-refractivity contribution is 0.0695. The largest absolute Gasteiger partial charge is 0.477 e. The molecule has 162 valence electrons. The lowest BCUT2D eigenvalue weighted by atomic mass is 10.0. The van der Waals surface area contributed by atoms with Gasteiger partial charge in [-0.25, -0.2) is 22.9 Å². The number of benzene rings is 1. The van der Waals surface area contributed by atoms with Crippen molar-refractivity contribution in [1.29, 1.82) is 0 Å². The zero-order valence-corrected chi connectivity index (χ0v) is 16.5. The summed E-state index contributed by atoms with van der Waals surface area (Å²) in [6.45, 7) is 1.37. The monoisotopic (exact) mass is 454 g/mol. The highest BCUT2D eigenvalue weighted by molar-refractivity contribution is 6.38. The van der Waals surface area contributed by atoms with E-state index in [1.165, 1.54) is 11.8 Å². The summed E-state index contributed by atoms with van der Waals surface area (Å²) in [6.07, 6.45) is 0.0623. The number of β-amino-alcohol motifs (C(OH)–C–C–N with tert-alkyl or cyclic N) is 1. The maximum Gasteiger partial charge on any atom is 0.341 e. The number of carboxylic acid groups (broad SMARTS) is 1. The van der Waals surface area contributed by atoms with Gasteiger partial charge in [-0.15, -0.1) is 0 Å². The third-order valence-electron chi connectivity index (χ3n) is 5.11. The Morgan fingerprint density at radius 1 is 1.29 bits per heavy atom. The van der Waals surface area contributed by atoms with Crippen LogP contribution in [0.15, 0.2) is 17.1 Å². The number of halogens is 4. The minimum Gasteiger partial charge on any atom is -0.477 e. The summed E-state index contributed by atoms with van der Waals surface area (Å²) in [4.78, 5) is 29.5. The average Bonchev–Trinajstić information content (AvgIpc) is 2.67. The smallest absolute Gasteiger partial charge is 0.341 e. The third-order valence-corrected chi connectivity index (χ3v) is 5.47. The highest BCUT2D eigenvalue weighted by atomic mass is 35.5. The number of aryl methyl sites for hydroxylation is 1. The predicted octanol–water partition coefficient (Wildman–Crippen LogP) is 2.23. The van der Waals surface area contributed by atoms with Gasteiger partial charge >= 0.3 is 5.97 Å². The summed E-state index contributed by atoms with van der Waals surface area (Å²) >= 11 is 6.43. The van der Waals surface area contributed by atoms with Gasteiger partial charge in [0.2, 0.25) is 5.43 Å². The number of rotatable bonds is 3. The number of anilines is 2. The second kappa shape index (κ2) is 7.13. The Bertz CT molecular complexity index is 1340. The topological polar surface area (TPSA) is 122 Å². The summed E-state index contributed by atoms with van der Waals surface area (Å²) in [5, 5.41) is 18.3. The van der Waals surface area contributed by atoms with Crippen LogP contribution in [0.3, 0.4) is 0 Å². The minimum absolute atomic E-state index is 0.0646. The average molecular weight is 455 g/mol. The number of hydrogen-bond acceptors (Lipinski definition) is 6. The Balaban J connectivity index is 2.20. The molecular weight excluding hydrogens is 441 g/mol. The van der Waals surface area contributed by atoms with Crippen LogP contribution in [-0.4, -0.2) is 44.9 Å². The van der Waals surface area contributed by atoms with Gasteiger partial charge in [0.25, 0.3) is 0 Å². The quantitative estimate of drug-likeness (QED) is 0.554. The molecule has 8 nitrogen and oxygen atoms in total. The van der Waals surface area contributed by atoms with Gasteiger partial charge in [-0.3, -0.25) is 9.36 Å². The number of hydrogen-bond donors (Lipinski definition) is 3. The molecule has 1 aliphatic rings. The molecule has 0 unspecified atom stereocenters. The van der Waals surface area contributed by atoms with E-state index in [-0.39, 0.29) is 34.9 Å². The van der Waals surface area contributed by atoms with Gasteiger partial charge < -0.3 is 20.8 Å². The number of aliphatic hydroxyl groups is 1. The fourth-order valence-corrected chi connectivity index (χ4v) is 3.94. The Hall–Kier alpha value is -3.31. The molecule has 4 N–H and O–H groups in total. The SMILES string of the molecule is Cc1c(F)c(N2CC(O)C2)c(Cl)c2c1c(=O)c(C(=O)O)cn2-c1nc(N)c(F)cc1F. The molecule has 1 aromatic carbocycles. The highest BCUT2D eigenvalue weighted by Crippen LogP contribution is 2.40. The van der Waals surface area contributed by atoms with Crippen molar-refractivity contribution in [3.63, 3.8) is 0 Å². The number of aliphatic hydroxyl groups excluding tert-OH is 1. The van der Waals surface area contributed by atoms with Crippen molar-refractivity contribution in [2.45, 2.75) is 13.0 Å². The molecule has 1 saturated heterocycles. The van der Waals surface area contributed by atoms with E-state index in [1.54, 1.807) is 0 Å². The van der Waals surface area contributed by atoms with E-state index < -0.39 is 57.5 Å². The summed E-state index contributed by atoms with van der Waals surface area (Å²) in [6, 6.07) is 0.443. The molecule has 12 heteroatoms. The molecule has 0 saturated carbocycles. The van der Waals surface area contributed by atoms with E-state index >= 15 is 4.39 Å². The number of pyridine rings is 2. The third kappa shape index (κ3) is 3.08. The number of carboxylic acids is 1. The first-order valence-electron chi connectivity index (χ1n) is 8.88. The zero-order chi connectivity index (χ0) is 22.8. The van der Waals surface area contributed by atoms with Crippen molar-refractivity contribution in [2.24, 2.45) is 0 Å². The van der Waals surface area contributed by atoms with E-state index in [4.69, 9.17) is 17.3 Å². The molecule has 2 aromatic heterocycles. The molecule has 0 radical (unpaired) electrons. The van der Waals surface area contributed by atoms with Crippen molar-refractivity contribution in [3.05, 3.63) is 56.1 Å². The fourth-order valence-electron chi connectivity index (χ4n) is 3.55. The molecule has 1 aliphatic heterocycles. The number of aromatic carboxylic acids is 1. The Morgan fingerprint density at radius 2 is 1.94 bits per heavy atom. The normalized spacial score (nSPS) is 14.2. The Labute approximate surface area is 176 Å². The summed E-state index contributed by atoms with van der Waals surface area (Å²) in [5.74, 6) is -6.21. The van der Waals surface area contributed by atoms with E-state index in [1.807, 2.05) is 0 Å². The molecule has 31 heavy (non-hydrogen) atoms. The number of nitrogens with two attached hydrogens (primary N) is 1. The number of aromatic nitrogens is 2. The minimum atomic E-state index is -1.65. The van der Waals surface area contributed by atoms with Crippen LogP contribution >= 0.6 is 11.6 Å². The van der Waals surface area contributed by atoms with Crippen LogP contribution in [0.25, 0.3) is 16.7 Å². The summed E-state index contributed by atoms with van der Waals surface area (Å²) < 4.78 is 44.2. The molecule has 4 rings (SSSR count). The van der Waals surface area contributed by atoms with E-state index in [2.05, 4.69) is 4.98 Å². The van der Waals surface area contributed by atoms with Crippen LogP contribution in [0.4, 0.5) is 24.7 Å². The molecular formula is C19H14ClF3N4O4.